The number of methoxy groups -OCH3 is 1. The highest BCUT2D eigenvalue weighted by Gasteiger charge is 2.20. The van der Waals surface area contributed by atoms with Gasteiger partial charge in [-0.3, -0.25) is 0 Å². The molecule has 3 nitrogen and oxygen atoms in total. The van der Waals surface area contributed by atoms with Crippen molar-refractivity contribution in [2.24, 2.45) is 5.73 Å². The average molecular weight is 207 g/mol. The fraction of sp³-hybridized carbons (Fsp3) is 0.500. The second-order valence-corrected chi connectivity index (χ2v) is 3.98. The first-order chi connectivity index (χ1) is 7.22. The average Bonchev–Trinajstić information content (AvgIpc) is 2.40. The number of rotatable bonds is 1. The molecule has 0 bridgehead atoms. The third-order valence-electron chi connectivity index (χ3n) is 2.75. The van der Waals surface area contributed by atoms with Crippen LogP contribution in [0.2, 0.25) is 0 Å². The van der Waals surface area contributed by atoms with Crippen molar-refractivity contribution < 1.29 is 9.47 Å². The molecule has 1 atom stereocenters. The lowest BCUT2D eigenvalue weighted by Crippen LogP contribution is -2.09. The zero-order valence-electron chi connectivity index (χ0n) is 9.25. The first kappa shape index (κ1) is 10.3. The highest BCUT2D eigenvalue weighted by atomic mass is 16.5. The standard InChI is InChI=1S/C12H17NO2/c1-8-6-9-10(13)4-3-5-15-12(9)11(7-8)14-2/h6-7,10H,3-5,13H2,1-2H3/t10-/m1/s1. The van der Waals surface area contributed by atoms with Crippen LogP contribution in [0.15, 0.2) is 12.1 Å². The van der Waals surface area contributed by atoms with Crippen LogP contribution in [0.3, 0.4) is 0 Å². The summed E-state index contributed by atoms with van der Waals surface area (Å²) in [5.41, 5.74) is 8.34. The van der Waals surface area contributed by atoms with Crippen molar-refractivity contribution in [3.8, 4) is 11.5 Å². The summed E-state index contributed by atoms with van der Waals surface area (Å²) in [7, 11) is 1.66. The second kappa shape index (κ2) is 4.11. The number of hydrogen-bond acceptors (Lipinski definition) is 3. The molecule has 1 aromatic carbocycles. The van der Waals surface area contributed by atoms with E-state index in [2.05, 4.69) is 6.07 Å². The molecule has 0 saturated carbocycles. The molecule has 0 amide bonds. The van der Waals surface area contributed by atoms with Crippen LogP contribution in [0.5, 0.6) is 11.5 Å². The highest BCUT2D eigenvalue weighted by molar-refractivity contribution is 5.51. The Hall–Kier alpha value is -1.22. The molecule has 2 rings (SSSR count). The van der Waals surface area contributed by atoms with Crippen molar-refractivity contribution in [3.05, 3.63) is 23.3 Å². The molecule has 0 fully saturated rings. The molecular formula is C12H17NO2. The maximum Gasteiger partial charge on any atom is 0.165 e. The van der Waals surface area contributed by atoms with E-state index < -0.39 is 0 Å². The van der Waals surface area contributed by atoms with E-state index in [1.54, 1.807) is 7.11 Å². The van der Waals surface area contributed by atoms with Gasteiger partial charge in [-0.15, -0.1) is 0 Å². The quantitative estimate of drug-likeness (QED) is 0.767. The second-order valence-electron chi connectivity index (χ2n) is 3.98. The first-order valence-electron chi connectivity index (χ1n) is 5.29. The van der Waals surface area contributed by atoms with Gasteiger partial charge in [0.05, 0.1) is 13.7 Å². The van der Waals surface area contributed by atoms with E-state index in [1.165, 1.54) is 0 Å². The summed E-state index contributed by atoms with van der Waals surface area (Å²) in [6.45, 7) is 2.76. The molecular weight excluding hydrogens is 190 g/mol. The summed E-state index contributed by atoms with van der Waals surface area (Å²) in [6, 6.07) is 4.14. The molecule has 0 unspecified atom stereocenters. The van der Waals surface area contributed by atoms with Gasteiger partial charge in [0.15, 0.2) is 11.5 Å². The van der Waals surface area contributed by atoms with Gasteiger partial charge in [0, 0.05) is 11.6 Å². The number of fused-ring (bicyclic) bond motifs is 1. The summed E-state index contributed by atoms with van der Waals surface area (Å²) in [6.07, 6.45) is 1.97. The van der Waals surface area contributed by atoms with Gasteiger partial charge in [0.2, 0.25) is 0 Å². The number of nitrogens with two attached hydrogens (primary N) is 1. The van der Waals surface area contributed by atoms with Gasteiger partial charge in [-0.2, -0.15) is 0 Å². The van der Waals surface area contributed by atoms with E-state index in [1.807, 2.05) is 13.0 Å². The van der Waals surface area contributed by atoms with Gasteiger partial charge in [0.1, 0.15) is 0 Å². The molecule has 0 aromatic heterocycles. The molecule has 0 spiro atoms. The fourth-order valence-electron chi connectivity index (χ4n) is 1.98. The molecule has 3 heteroatoms. The van der Waals surface area contributed by atoms with Crippen molar-refractivity contribution in [1.29, 1.82) is 0 Å². The van der Waals surface area contributed by atoms with Crippen LogP contribution >= 0.6 is 0 Å². The molecule has 82 valence electrons. The predicted octanol–water partition coefficient (Wildman–Crippen LogP) is 2.18. The van der Waals surface area contributed by atoms with Crippen LogP contribution in [-0.4, -0.2) is 13.7 Å². The molecule has 1 aromatic rings. The summed E-state index contributed by atoms with van der Waals surface area (Å²) in [5.74, 6) is 1.62. The molecule has 0 saturated heterocycles. The SMILES string of the molecule is COc1cc(C)cc2c1OCCC[C@H]2N. The van der Waals surface area contributed by atoms with Crippen LogP contribution in [0.25, 0.3) is 0 Å². The molecule has 1 aliphatic rings. The number of aryl methyl sites for hydroxylation is 1. The van der Waals surface area contributed by atoms with E-state index in [0.29, 0.717) is 0 Å². The van der Waals surface area contributed by atoms with Crippen LogP contribution in [0.4, 0.5) is 0 Å². The van der Waals surface area contributed by atoms with Crippen molar-refractivity contribution in [3.63, 3.8) is 0 Å². The Balaban J connectivity index is 2.52. The van der Waals surface area contributed by atoms with Crippen LogP contribution in [0, 0.1) is 6.92 Å². The van der Waals surface area contributed by atoms with Crippen molar-refractivity contribution in [2.45, 2.75) is 25.8 Å². The summed E-state index contributed by atoms with van der Waals surface area (Å²) in [4.78, 5) is 0. The molecule has 2 N–H and O–H groups in total. The maximum atomic E-state index is 6.10. The molecule has 0 radical (unpaired) electrons. The third-order valence-corrected chi connectivity index (χ3v) is 2.75. The lowest BCUT2D eigenvalue weighted by atomic mass is 10.0. The van der Waals surface area contributed by atoms with E-state index in [-0.39, 0.29) is 6.04 Å². The normalized spacial score (nSPS) is 20.1. The largest absolute Gasteiger partial charge is 0.493 e. The molecule has 1 heterocycles. The lowest BCUT2D eigenvalue weighted by Gasteiger charge is -2.15. The van der Waals surface area contributed by atoms with Gasteiger partial charge in [-0.05, 0) is 31.4 Å². The Morgan fingerprint density at radius 1 is 1.47 bits per heavy atom. The molecule has 0 aliphatic carbocycles. The van der Waals surface area contributed by atoms with Crippen molar-refractivity contribution >= 4 is 0 Å². The minimum absolute atomic E-state index is 0.0660. The van der Waals surface area contributed by atoms with Gasteiger partial charge >= 0.3 is 0 Å². The van der Waals surface area contributed by atoms with Gasteiger partial charge in [-0.1, -0.05) is 6.07 Å². The number of hydrogen-bond donors (Lipinski definition) is 1. The topological polar surface area (TPSA) is 44.5 Å². The van der Waals surface area contributed by atoms with E-state index in [9.17, 15) is 0 Å². The fourth-order valence-corrected chi connectivity index (χ4v) is 1.98. The van der Waals surface area contributed by atoms with Crippen LogP contribution < -0.4 is 15.2 Å². The summed E-state index contributed by atoms with van der Waals surface area (Å²) >= 11 is 0. The van der Waals surface area contributed by atoms with Gasteiger partial charge in [-0.25, -0.2) is 0 Å². The highest BCUT2D eigenvalue weighted by Crippen LogP contribution is 2.38. The lowest BCUT2D eigenvalue weighted by molar-refractivity contribution is 0.294. The first-order valence-corrected chi connectivity index (χ1v) is 5.29. The molecule has 15 heavy (non-hydrogen) atoms. The van der Waals surface area contributed by atoms with Gasteiger partial charge in [0.25, 0.3) is 0 Å². The van der Waals surface area contributed by atoms with Gasteiger partial charge < -0.3 is 15.2 Å². The minimum Gasteiger partial charge on any atom is -0.493 e. The maximum absolute atomic E-state index is 6.10. The van der Waals surface area contributed by atoms with E-state index >= 15 is 0 Å². The third kappa shape index (κ3) is 1.92. The zero-order chi connectivity index (χ0) is 10.8. The van der Waals surface area contributed by atoms with Crippen LogP contribution in [0.1, 0.15) is 30.0 Å². The Morgan fingerprint density at radius 3 is 3.00 bits per heavy atom. The number of benzene rings is 1. The summed E-state index contributed by atoms with van der Waals surface area (Å²) < 4.78 is 11.0. The smallest absolute Gasteiger partial charge is 0.165 e. The zero-order valence-corrected chi connectivity index (χ0v) is 9.25. The van der Waals surface area contributed by atoms with Crippen molar-refractivity contribution in [2.75, 3.05) is 13.7 Å². The van der Waals surface area contributed by atoms with Crippen LogP contribution in [-0.2, 0) is 0 Å². The van der Waals surface area contributed by atoms with E-state index in [4.69, 9.17) is 15.2 Å². The Labute approximate surface area is 90.2 Å². The number of ether oxygens (including phenoxy) is 2. The Kier molecular flexibility index (Phi) is 2.82. The Morgan fingerprint density at radius 2 is 2.27 bits per heavy atom. The monoisotopic (exact) mass is 207 g/mol. The predicted molar refractivity (Wildman–Crippen MR) is 59.4 cm³/mol. The van der Waals surface area contributed by atoms with Crippen molar-refractivity contribution in [1.82, 2.24) is 0 Å². The Bertz CT molecular complexity index is 363. The summed E-state index contributed by atoms with van der Waals surface area (Å²) in [5, 5.41) is 0. The minimum atomic E-state index is 0.0660. The molecule has 1 aliphatic heterocycles. The van der Waals surface area contributed by atoms with E-state index in [0.717, 1.165) is 42.1 Å².